The Morgan fingerprint density at radius 3 is 2.38 bits per heavy atom. The van der Waals surface area contributed by atoms with Crippen molar-refractivity contribution in [3.8, 4) is 5.75 Å². The number of para-hydroxylation sites is 1. The first-order chi connectivity index (χ1) is 12.2. The Balaban J connectivity index is 2.54. The smallest absolute Gasteiger partial charge is 0.387 e. The Kier molecular flexibility index (Phi) is 8.47. The maximum Gasteiger partial charge on any atom is 0.387 e. The van der Waals surface area contributed by atoms with Gasteiger partial charge in [0.2, 0.25) is 11.8 Å². The number of aliphatic carboxylic acids is 1. The van der Waals surface area contributed by atoms with E-state index in [1.54, 1.807) is 6.07 Å². The number of carboxylic acid groups (broad SMARTS) is 1. The molecule has 0 aliphatic heterocycles. The van der Waals surface area contributed by atoms with Gasteiger partial charge in [0, 0.05) is 5.56 Å². The van der Waals surface area contributed by atoms with E-state index in [1.807, 2.05) is 13.8 Å². The third kappa shape index (κ3) is 7.91. The van der Waals surface area contributed by atoms with Crippen molar-refractivity contribution in [1.82, 2.24) is 10.6 Å². The number of carboxylic acids is 1. The molecule has 0 unspecified atom stereocenters. The summed E-state index contributed by atoms with van der Waals surface area (Å²) in [6, 6.07) is 4.79. The van der Waals surface area contributed by atoms with Gasteiger partial charge in [-0.2, -0.15) is 8.78 Å². The quantitative estimate of drug-likeness (QED) is 0.578. The molecule has 1 rings (SSSR count). The SMILES string of the molecule is CC(C)C[C@H](NC(=O)CNC(=O)Cc1ccccc1OC(F)F)C(=O)O. The van der Waals surface area contributed by atoms with Crippen molar-refractivity contribution < 1.29 is 33.0 Å². The van der Waals surface area contributed by atoms with Crippen molar-refractivity contribution >= 4 is 17.8 Å². The monoisotopic (exact) mass is 372 g/mol. The number of carbonyl (C=O) groups is 3. The van der Waals surface area contributed by atoms with E-state index in [1.165, 1.54) is 18.2 Å². The van der Waals surface area contributed by atoms with Gasteiger partial charge in [-0.1, -0.05) is 32.0 Å². The molecule has 0 bridgehead atoms. The first-order valence-electron chi connectivity index (χ1n) is 8.00. The van der Waals surface area contributed by atoms with Gasteiger partial charge in [0.25, 0.3) is 0 Å². The van der Waals surface area contributed by atoms with Gasteiger partial charge in [-0.15, -0.1) is 0 Å². The van der Waals surface area contributed by atoms with Gasteiger partial charge in [0.05, 0.1) is 13.0 Å². The summed E-state index contributed by atoms with van der Waals surface area (Å²) in [5, 5.41) is 13.7. The zero-order valence-electron chi connectivity index (χ0n) is 14.5. The van der Waals surface area contributed by atoms with Crippen LogP contribution in [0.25, 0.3) is 0 Å². The molecule has 0 radical (unpaired) electrons. The highest BCUT2D eigenvalue weighted by atomic mass is 19.3. The van der Waals surface area contributed by atoms with E-state index in [2.05, 4.69) is 15.4 Å². The molecule has 26 heavy (non-hydrogen) atoms. The second-order valence-corrected chi connectivity index (χ2v) is 6.03. The highest BCUT2D eigenvalue weighted by Crippen LogP contribution is 2.20. The van der Waals surface area contributed by atoms with E-state index in [9.17, 15) is 23.2 Å². The van der Waals surface area contributed by atoms with Crippen molar-refractivity contribution in [3.05, 3.63) is 29.8 Å². The number of nitrogens with one attached hydrogen (secondary N) is 2. The largest absolute Gasteiger partial charge is 0.480 e. The number of hydrogen-bond acceptors (Lipinski definition) is 4. The molecule has 9 heteroatoms. The first kappa shape index (κ1) is 21.3. The Hall–Kier alpha value is -2.71. The fourth-order valence-corrected chi connectivity index (χ4v) is 2.21. The van der Waals surface area contributed by atoms with E-state index in [0.29, 0.717) is 0 Å². The van der Waals surface area contributed by atoms with Gasteiger partial charge in [-0.25, -0.2) is 4.79 Å². The van der Waals surface area contributed by atoms with Crippen LogP contribution in [0.5, 0.6) is 5.75 Å². The number of rotatable bonds is 10. The standard InChI is InChI=1S/C17H22F2N2O5/c1-10(2)7-12(16(24)25)21-15(23)9-20-14(22)8-11-5-3-4-6-13(11)26-17(18)19/h3-6,10,12,17H,7-9H2,1-2H3,(H,20,22)(H,21,23)(H,24,25)/t12-/m0/s1. The minimum absolute atomic E-state index is 0.0670. The minimum Gasteiger partial charge on any atom is -0.480 e. The number of amides is 2. The molecule has 7 nitrogen and oxygen atoms in total. The molecule has 1 atom stereocenters. The lowest BCUT2D eigenvalue weighted by Crippen LogP contribution is -2.46. The van der Waals surface area contributed by atoms with Crippen molar-refractivity contribution in [2.45, 2.75) is 39.3 Å². The molecule has 0 fully saturated rings. The van der Waals surface area contributed by atoms with E-state index in [0.717, 1.165) is 0 Å². The van der Waals surface area contributed by atoms with Crippen LogP contribution in [0, 0.1) is 5.92 Å². The van der Waals surface area contributed by atoms with Crippen LogP contribution in [0.1, 0.15) is 25.8 Å². The molecule has 1 aromatic carbocycles. The number of ether oxygens (including phenoxy) is 1. The van der Waals surface area contributed by atoms with Crippen molar-refractivity contribution in [2.24, 2.45) is 5.92 Å². The van der Waals surface area contributed by atoms with E-state index < -0.39 is 37.0 Å². The molecule has 144 valence electrons. The summed E-state index contributed by atoms with van der Waals surface area (Å²) in [6.45, 7) is 0.211. The summed E-state index contributed by atoms with van der Waals surface area (Å²) in [6.07, 6.45) is -0.00209. The molecule has 0 aliphatic carbocycles. The van der Waals surface area contributed by atoms with Gasteiger partial charge < -0.3 is 20.5 Å². The highest BCUT2D eigenvalue weighted by Gasteiger charge is 2.21. The predicted molar refractivity (Wildman–Crippen MR) is 88.8 cm³/mol. The van der Waals surface area contributed by atoms with Crippen LogP contribution in [0.15, 0.2) is 24.3 Å². The van der Waals surface area contributed by atoms with Crippen LogP contribution >= 0.6 is 0 Å². The fraction of sp³-hybridized carbons (Fsp3) is 0.471. The summed E-state index contributed by atoms with van der Waals surface area (Å²) in [7, 11) is 0. The lowest BCUT2D eigenvalue weighted by molar-refractivity contribution is -0.142. The number of benzene rings is 1. The van der Waals surface area contributed by atoms with Gasteiger partial charge in [0.1, 0.15) is 11.8 Å². The summed E-state index contributed by atoms with van der Waals surface area (Å²) in [5.74, 6) is -2.44. The van der Waals surface area contributed by atoms with Crippen LogP contribution in [0.4, 0.5) is 8.78 Å². The highest BCUT2D eigenvalue weighted by molar-refractivity contribution is 5.88. The molecule has 0 spiro atoms. The molecule has 0 saturated carbocycles. The van der Waals surface area contributed by atoms with Crippen LogP contribution in [0.2, 0.25) is 0 Å². The second-order valence-electron chi connectivity index (χ2n) is 6.03. The minimum atomic E-state index is -3.01. The van der Waals surface area contributed by atoms with Gasteiger partial charge >= 0.3 is 12.6 Å². The molecule has 0 heterocycles. The molecular formula is C17H22F2N2O5. The first-order valence-corrected chi connectivity index (χ1v) is 8.00. The van der Waals surface area contributed by atoms with Crippen LogP contribution in [-0.2, 0) is 20.8 Å². The summed E-state index contributed by atoms with van der Waals surface area (Å²) in [4.78, 5) is 34.8. The number of hydrogen-bond donors (Lipinski definition) is 3. The van der Waals surface area contributed by atoms with E-state index in [-0.39, 0.29) is 30.1 Å². The predicted octanol–water partition coefficient (Wildman–Crippen LogP) is 1.56. The number of carbonyl (C=O) groups excluding carboxylic acids is 2. The molecular weight excluding hydrogens is 350 g/mol. The summed E-state index contributed by atoms with van der Waals surface area (Å²) >= 11 is 0. The van der Waals surface area contributed by atoms with Gasteiger partial charge in [-0.05, 0) is 18.4 Å². The third-order valence-electron chi connectivity index (χ3n) is 3.33. The van der Waals surface area contributed by atoms with Crippen molar-refractivity contribution in [2.75, 3.05) is 6.54 Å². The topological polar surface area (TPSA) is 105 Å². The molecule has 3 N–H and O–H groups in total. The molecule has 2 amide bonds. The Morgan fingerprint density at radius 2 is 1.81 bits per heavy atom. The summed E-state index contributed by atoms with van der Waals surface area (Å²) in [5.41, 5.74) is 0.244. The number of alkyl halides is 2. The molecule has 0 aliphatic rings. The van der Waals surface area contributed by atoms with Crippen LogP contribution in [0.3, 0.4) is 0 Å². The molecule has 0 aromatic heterocycles. The summed E-state index contributed by atoms with van der Waals surface area (Å²) < 4.78 is 29.0. The number of halogens is 2. The zero-order valence-corrected chi connectivity index (χ0v) is 14.5. The third-order valence-corrected chi connectivity index (χ3v) is 3.33. The molecule has 1 aromatic rings. The lowest BCUT2D eigenvalue weighted by Gasteiger charge is -2.16. The Morgan fingerprint density at radius 1 is 1.15 bits per heavy atom. The average molecular weight is 372 g/mol. The second kappa shape index (κ2) is 10.3. The normalized spacial score (nSPS) is 11.9. The van der Waals surface area contributed by atoms with E-state index >= 15 is 0 Å². The van der Waals surface area contributed by atoms with Gasteiger partial charge in [-0.3, -0.25) is 9.59 Å². The molecule has 0 saturated heterocycles. The average Bonchev–Trinajstić information content (AvgIpc) is 2.53. The van der Waals surface area contributed by atoms with Crippen LogP contribution in [-0.4, -0.2) is 42.1 Å². The van der Waals surface area contributed by atoms with Crippen LogP contribution < -0.4 is 15.4 Å². The van der Waals surface area contributed by atoms with Gasteiger partial charge in [0.15, 0.2) is 0 Å². The van der Waals surface area contributed by atoms with Crippen molar-refractivity contribution in [1.29, 1.82) is 0 Å². The maximum absolute atomic E-state index is 12.3. The maximum atomic E-state index is 12.3. The Labute approximate surface area is 149 Å². The fourth-order valence-electron chi connectivity index (χ4n) is 2.21. The zero-order chi connectivity index (χ0) is 19.7. The Bertz CT molecular complexity index is 637. The lowest BCUT2D eigenvalue weighted by atomic mass is 10.0. The van der Waals surface area contributed by atoms with E-state index in [4.69, 9.17) is 5.11 Å². The van der Waals surface area contributed by atoms with Crippen molar-refractivity contribution in [3.63, 3.8) is 0 Å².